The van der Waals surface area contributed by atoms with Gasteiger partial charge in [-0.3, -0.25) is 0 Å². The number of hydrogen-bond acceptors (Lipinski definition) is 9. The van der Waals surface area contributed by atoms with Gasteiger partial charge in [-0.1, -0.05) is 0 Å². The van der Waals surface area contributed by atoms with Crippen LogP contribution in [-0.4, -0.2) is 80.3 Å². The van der Waals surface area contributed by atoms with Crippen LogP contribution >= 0.6 is 54.6 Å². The van der Waals surface area contributed by atoms with Crippen molar-refractivity contribution in [2.45, 2.75) is 156 Å². The van der Waals surface area contributed by atoms with E-state index in [4.69, 9.17) is 39.3 Å². The number of aryl methyl sites for hydroxylation is 16. The maximum atomic E-state index is 16.6. The molecule has 0 saturated carbocycles. The Morgan fingerprint density at radius 2 is 0.575 bits per heavy atom. The van der Waals surface area contributed by atoms with Gasteiger partial charge in [-0.25, -0.2) is 8.78 Å². The average Bonchev–Trinajstić information content (AvgIpc) is 1.16. The fourth-order valence-corrected chi connectivity index (χ4v) is 25.9. The number of fused-ring (bicyclic) bond motifs is 12. The SMILES string of the molecule is Bc1c(C)cc2c(op(Cc3c(C)c(C)c(N)c(Cp4oc5cc(C)c(F)c(C)c5c5cc(C)c(B)c(C)c5o4)c3-c3c(Cp4oc5cc(C)c(F)c(C)c5c5cc(C)c(B)c(C)c5o4)[c]([K])c(C)c(I)c3Cp3oc4cc(C)c(F)c(C)c4c4cc(C)c(B)c(C)c4o3)oc3cc(C)c(F)c(C)c32)c1C. The molecule has 0 fully saturated rings. The van der Waals surface area contributed by atoms with Crippen LogP contribution in [-0.2, 0) is 24.6 Å². The van der Waals surface area contributed by atoms with Crippen molar-refractivity contribution < 1.29 is 51.1 Å². The fraction of sp³-hybridized carbons (Fsp3) is 0.277. The molecule has 4 atom stereocenters. The number of anilines is 1. The first-order valence-electron chi connectivity index (χ1n) is 35.9. The van der Waals surface area contributed by atoms with Crippen LogP contribution in [0.3, 0.4) is 0 Å². The number of benzene rings is 10. The normalized spacial score (nSPS) is 12.7. The van der Waals surface area contributed by atoms with Crippen molar-refractivity contribution in [1.82, 2.24) is 0 Å². The van der Waals surface area contributed by atoms with Gasteiger partial charge in [0.2, 0.25) is 0 Å². The van der Waals surface area contributed by atoms with Crippen molar-refractivity contribution in [2.24, 2.45) is 0 Å². The summed E-state index contributed by atoms with van der Waals surface area (Å²) in [5.41, 5.74) is 36.9. The summed E-state index contributed by atoms with van der Waals surface area (Å²) in [7, 11) is 0.262. The molecule has 536 valence electrons. The summed E-state index contributed by atoms with van der Waals surface area (Å²) in [6.07, 6.45) is 0.787. The van der Waals surface area contributed by atoms with Gasteiger partial charge in [0.05, 0.1) is 0 Å². The number of nitrogens with two attached hydrogens (primary N) is 1. The Morgan fingerprint density at radius 1 is 0.321 bits per heavy atom. The minimum absolute atomic E-state index is 0.0423. The molecule has 0 radical (unpaired) electrons. The molecule has 0 bridgehead atoms. The van der Waals surface area contributed by atoms with Crippen molar-refractivity contribution in [3.05, 3.63) is 203 Å². The van der Waals surface area contributed by atoms with Gasteiger partial charge < -0.3 is 0 Å². The van der Waals surface area contributed by atoms with Gasteiger partial charge in [0, 0.05) is 0 Å². The van der Waals surface area contributed by atoms with E-state index in [2.05, 4.69) is 154 Å². The molecule has 0 saturated heterocycles. The van der Waals surface area contributed by atoms with E-state index in [1.54, 1.807) is 45.9 Å². The van der Waals surface area contributed by atoms with Gasteiger partial charge in [0.25, 0.3) is 0 Å². The molecule has 106 heavy (non-hydrogen) atoms. The van der Waals surface area contributed by atoms with Crippen molar-refractivity contribution in [3.8, 4) is 11.1 Å². The van der Waals surface area contributed by atoms with E-state index in [9.17, 15) is 0 Å². The number of hydrogen-bond donors (Lipinski definition) is 1. The van der Waals surface area contributed by atoms with Crippen LogP contribution in [0, 0.1) is 158 Å². The van der Waals surface area contributed by atoms with E-state index in [-0.39, 0.29) is 96.9 Å². The Hall–Kier alpha value is -6.05. The Bertz CT molecular complexity index is 5740. The third kappa shape index (κ3) is 12.6. The molecule has 0 aliphatic rings. The Labute approximate surface area is 670 Å². The van der Waals surface area contributed by atoms with E-state index in [0.29, 0.717) is 116 Å². The van der Waals surface area contributed by atoms with Gasteiger partial charge in [-0.2, -0.15) is 0 Å². The Kier molecular flexibility index (Phi) is 20.7. The molecule has 14 aromatic rings. The Morgan fingerprint density at radius 3 is 0.868 bits per heavy atom. The summed E-state index contributed by atoms with van der Waals surface area (Å²) in [6, 6.07) is 15.6. The monoisotopic (exact) mass is 1630 g/mol. The third-order valence-corrected chi connectivity index (χ3v) is 32.6. The first kappa shape index (κ1) is 76.7. The standard InChI is InChI=1S/C83H83B4F4INO8P4.K/c1-33-21-53-64-44(12)74(88)37(5)25-60(64)94-102(98-80(53)48(16)70(33)84)29-52-20-41(9)78(92)58(31-104-96-62-27-39(7)76(90)46(14)66(62)55-23-35(3)72(86)50(18)82(55)100-104)68(52)69-57(30-103-95-61-26-38(6)75(89)45(13)65(61)54-22-34(2)71(85)49(17)81(54)99-103)42(10)43(11)79(93)59(69)32-105-97-63-28-40(8)77(91)47(15)67(63)56-24-36(4)73(87)51(19)83(56)101-105;/h21-28H,29-32,84-87,93H2,1-19H3;. The maximum absolute atomic E-state index is 16.6. The molecule has 4 unspecified atom stereocenters. The van der Waals surface area contributed by atoms with Crippen LogP contribution in [0.15, 0.2) is 82.1 Å². The summed E-state index contributed by atoms with van der Waals surface area (Å²) >= 11 is 2.50. The van der Waals surface area contributed by atoms with Crippen LogP contribution in [0.25, 0.3) is 98.9 Å². The van der Waals surface area contributed by atoms with E-state index in [1.165, 1.54) is 0 Å². The second kappa shape index (κ2) is 28.7. The summed E-state index contributed by atoms with van der Waals surface area (Å²) in [4.78, 5) is 0. The zero-order valence-electron chi connectivity index (χ0n) is 65.0. The van der Waals surface area contributed by atoms with Crippen molar-refractivity contribution >= 4 is 250 Å². The van der Waals surface area contributed by atoms with Gasteiger partial charge in [-0.15, -0.1) is 0 Å². The fourth-order valence-electron chi connectivity index (χ4n) is 16.0. The van der Waals surface area contributed by atoms with Gasteiger partial charge in [0.1, 0.15) is 0 Å². The first-order valence-corrected chi connectivity index (χ1v) is 44.0. The molecule has 0 spiro atoms. The molecular formula is C83H83B4F4IKNO8P4. The zero-order chi connectivity index (χ0) is 76.5. The van der Waals surface area contributed by atoms with E-state index in [0.717, 1.165) is 141 Å². The molecule has 0 aliphatic carbocycles. The summed E-state index contributed by atoms with van der Waals surface area (Å²) in [6.45, 7) is 37.3. The van der Waals surface area contributed by atoms with Crippen LogP contribution in [0.2, 0.25) is 0 Å². The predicted molar refractivity (Wildman–Crippen MR) is 459 cm³/mol. The summed E-state index contributed by atoms with van der Waals surface area (Å²) < 4.78 is 129. The second-order valence-corrected chi connectivity index (χ2v) is 37.9. The molecule has 0 aliphatic heterocycles. The van der Waals surface area contributed by atoms with E-state index < -0.39 is 32.1 Å². The van der Waals surface area contributed by atoms with Gasteiger partial charge in [-0.05, 0) is 13.8 Å². The summed E-state index contributed by atoms with van der Waals surface area (Å²) in [5.74, 6) is -1.24. The minimum atomic E-state index is -2.06. The van der Waals surface area contributed by atoms with Gasteiger partial charge >= 0.3 is 655 Å². The molecular weight excluding hydrogens is 1550 g/mol. The van der Waals surface area contributed by atoms with Crippen LogP contribution < -0.4 is 27.2 Å². The topological polar surface area (TPSA) is 131 Å². The van der Waals surface area contributed by atoms with E-state index >= 15 is 17.6 Å². The average molecular weight is 1630 g/mol. The Balaban J connectivity index is 1.20. The van der Waals surface area contributed by atoms with Gasteiger partial charge in [0.15, 0.2) is 0 Å². The van der Waals surface area contributed by atoms with Crippen LogP contribution in [0.5, 0.6) is 0 Å². The molecule has 4 heterocycles. The summed E-state index contributed by atoms with van der Waals surface area (Å²) in [5, 5.41) is 5.59. The van der Waals surface area contributed by atoms with E-state index in [1.807, 2.05) is 33.8 Å². The molecule has 23 heteroatoms. The first-order chi connectivity index (χ1) is 50.0. The number of halogens is 5. The van der Waals surface area contributed by atoms with Crippen LogP contribution in [0.1, 0.15) is 128 Å². The molecule has 0 amide bonds. The zero-order valence-corrected chi connectivity index (χ0v) is 73.8. The molecule has 10 aromatic carbocycles. The predicted octanol–water partition coefficient (Wildman–Crippen LogP) is 20.4. The quantitative estimate of drug-likeness (QED) is 0.0649. The molecule has 2 N–H and O–H groups in total. The molecule has 4 aromatic heterocycles. The second-order valence-electron chi connectivity index (χ2n) is 29.9. The third-order valence-electron chi connectivity index (χ3n) is 23.6. The van der Waals surface area contributed by atoms with Crippen molar-refractivity contribution in [1.29, 1.82) is 0 Å². The van der Waals surface area contributed by atoms with Crippen molar-refractivity contribution in [3.63, 3.8) is 0 Å². The number of nitrogen functional groups attached to an aromatic ring is 1. The number of rotatable bonds is 9. The van der Waals surface area contributed by atoms with Crippen molar-refractivity contribution in [2.75, 3.05) is 5.73 Å². The molecule has 14 rings (SSSR count). The molecule has 9 nitrogen and oxygen atoms in total. The van der Waals surface area contributed by atoms with Crippen LogP contribution in [0.4, 0.5) is 23.2 Å².